The van der Waals surface area contributed by atoms with E-state index < -0.39 is 0 Å². The van der Waals surface area contributed by atoms with Crippen LogP contribution in [0.25, 0.3) is 0 Å². The van der Waals surface area contributed by atoms with E-state index in [0.29, 0.717) is 12.1 Å². The third kappa shape index (κ3) is 3.22. The number of amides is 2. The Labute approximate surface area is 79.5 Å². The third-order valence-corrected chi connectivity index (χ3v) is 2.38. The van der Waals surface area contributed by atoms with Gasteiger partial charge in [-0.2, -0.15) is 0 Å². The number of urea groups is 1. The van der Waals surface area contributed by atoms with Crippen molar-refractivity contribution in [2.75, 3.05) is 13.1 Å². The van der Waals surface area contributed by atoms with E-state index in [1.807, 2.05) is 0 Å². The number of nitrogens with one attached hydrogen (secondary N) is 1. The minimum atomic E-state index is -0.289. The maximum atomic E-state index is 10.8. The molecule has 4 nitrogen and oxygen atoms in total. The maximum absolute atomic E-state index is 10.8. The average molecular weight is 185 g/mol. The van der Waals surface area contributed by atoms with Gasteiger partial charge in [0.15, 0.2) is 0 Å². The van der Waals surface area contributed by atoms with E-state index in [9.17, 15) is 4.79 Å². The van der Waals surface area contributed by atoms with E-state index in [1.54, 1.807) is 4.90 Å². The van der Waals surface area contributed by atoms with Crippen molar-refractivity contribution in [2.24, 2.45) is 5.73 Å². The summed E-state index contributed by atoms with van der Waals surface area (Å²) in [6, 6.07) is 0.781. The largest absolute Gasteiger partial charge is 0.351 e. The Morgan fingerprint density at radius 1 is 1.46 bits per heavy atom. The molecule has 0 aliphatic carbocycles. The second kappa shape index (κ2) is 4.46. The van der Waals surface area contributed by atoms with Crippen molar-refractivity contribution >= 4 is 6.03 Å². The van der Waals surface area contributed by atoms with Crippen molar-refractivity contribution in [1.82, 2.24) is 10.2 Å². The lowest BCUT2D eigenvalue weighted by atomic mass is 10.0. The number of primary amides is 1. The van der Waals surface area contributed by atoms with Crippen LogP contribution in [0.2, 0.25) is 0 Å². The first-order valence-corrected chi connectivity index (χ1v) is 4.90. The SMILES string of the molecule is CC(C)NC1CCN(C(N)=O)CC1. The average Bonchev–Trinajstić information content (AvgIpc) is 2.04. The minimum Gasteiger partial charge on any atom is -0.351 e. The van der Waals surface area contributed by atoms with E-state index in [0.717, 1.165) is 25.9 Å². The summed E-state index contributed by atoms with van der Waals surface area (Å²) in [5.41, 5.74) is 5.18. The second-order valence-corrected chi connectivity index (χ2v) is 3.92. The fraction of sp³-hybridized carbons (Fsp3) is 0.889. The van der Waals surface area contributed by atoms with Crippen molar-refractivity contribution < 1.29 is 4.79 Å². The predicted molar refractivity (Wildman–Crippen MR) is 52.5 cm³/mol. The number of likely N-dealkylation sites (tertiary alicyclic amines) is 1. The fourth-order valence-electron chi connectivity index (χ4n) is 1.74. The number of nitrogens with two attached hydrogens (primary N) is 1. The van der Waals surface area contributed by atoms with Gasteiger partial charge in [0.1, 0.15) is 0 Å². The number of hydrogen-bond donors (Lipinski definition) is 2. The van der Waals surface area contributed by atoms with Crippen molar-refractivity contribution in [3.05, 3.63) is 0 Å². The summed E-state index contributed by atoms with van der Waals surface area (Å²) in [5, 5.41) is 3.46. The zero-order valence-corrected chi connectivity index (χ0v) is 8.42. The van der Waals surface area contributed by atoms with Crippen LogP contribution in [0.3, 0.4) is 0 Å². The van der Waals surface area contributed by atoms with Crippen molar-refractivity contribution in [3.8, 4) is 0 Å². The van der Waals surface area contributed by atoms with Crippen LogP contribution in [-0.4, -0.2) is 36.1 Å². The summed E-state index contributed by atoms with van der Waals surface area (Å²) >= 11 is 0. The molecule has 0 unspecified atom stereocenters. The zero-order valence-electron chi connectivity index (χ0n) is 8.42. The summed E-state index contributed by atoms with van der Waals surface area (Å²) < 4.78 is 0. The van der Waals surface area contributed by atoms with Crippen LogP contribution >= 0.6 is 0 Å². The molecular weight excluding hydrogens is 166 g/mol. The van der Waals surface area contributed by atoms with Crippen LogP contribution in [0.5, 0.6) is 0 Å². The van der Waals surface area contributed by atoms with Gasteiger partial charge in [-0.05, 0) is 12.8 Å². The smallest absolute Gasteiger partial charge is 0.314 e. The van der Waals surface area contributed by atoms with Gasteiger partial charge in [0, 0.05) is 25.2 Å². The van der Waals surface area contributed by atoms with Crippen LogP contribution in [0, 0.1) is 0 Å². The zero-order chi connectivity index (χ0) is 9.84. The highest BCUT2D eigenvalue weighted by atomic mass is 16.2. The number of nitrogens with zero attached hydrogens (tertiary/aromatic N) is 1. The Morgan fingerprint density at radius 3 is 2.38 bits per heavy atom. The molecule has 1 fully saturated rings. The summed E-state index contributed by atoms with van der Waals surface area (Å²) in [4.78, 5) is 12.5. The molecule has 0 bridgehead atoms. The molecule has 0 aromatic rings. The van der Waals surface area contributed by atoms with Gasteiger partial charge in [0.2, 0.25) is 0 Å². The predicted octanol–water partition coefficient (Wildman–Crippen LogP) is 0.527. The van der Waals surface area contributed by atoms with Gasteiger partial charge in [0.05, 0.1) is 0 Å². The van der Waals surface area contributed by atoms with Crippen LogP contribution in [0.4, 0.5) is 4.79 Å². The van der Waals surface area contributed by atoms with E-state index in [1.165, 1.54) is 0 Å². The minimum absolute atomic E-state index is 0.289. The highest BCUT2D eigenvalue weighted by Gasteiger charge is 2.20. The Balaban J connectivity index is 2.26. The molecule has 0 saturated carbocycles. The topological polar surface area (TPSA) is 58.4 Å². The lowest BCUT2D eigenvalue weighted by Gasteiger charge is -2.32. The van der Waals surface area contributed by atoms with Crippen LogP contribution in [0.15, 0.2) is 0 Å². The molecule has 1 aliphatic rings. The summed E-state index contributed by atoms with van der Waals surface area (Å²) in [7, 11) is 0. The first-order chi connectivity index (χ1) is 6.09. The molecule has 2 amide bonds. The van der Waals surface area contributed by atoms with Crippen LogP contribution < -0.4 is 11.1 Å². The van der Waals surface area contributed by atoms with Crippen molar-refractivity contribution in [3.63, 3.8) is 0 Å². The lowest BCUT2D eigenvalue weighted by molar-refractivity contribution is 0.183. The molecule has 0 aromatic heterocycles. The molecule has 1 rings (SSSR count). The van der Waals surface area contributed by atoms with E-state index in [2.05, 4.69) is 19.2 Å². The Morgan fingerprint density at radius 2 is 2.00 bits per heavy atom. The number of carbonyl (C=O) groups excluding carboxylic acids is 1. The maximum Gasteiger partial charge on any atom is 0.314 e. The molecule has 13 heavy (non-hydrogen) atoms. The first kappa shape index (κ1) is 10.3. The molecule has 1 aliphatic heterocycles. The number of rotatable bonds is 2. The highest BCUT2D eigenvalue weighted by molar-refractivity contribution is 5.72. The molecule has 76 valence electrons. The number of carbonyl (C=O) groups is 1. The number of piperidine rings is 1. The Bertz CT molecular complexity index is 174. The molecule has 4 heteroatoms. The molecule has 0 atom stereocenters. The van der Waals surface area contributed by atoms with E-state index in [-0.39, 0.29) is 6.03 Å². The molecule has 1 saturated heterocycles. The quantitative estimate of drug-likeness (QED) is 0.659. The van der Waals surface area contributed by atoms with E-state index >= 15 is 0 Å². The molecular formula is C9H19N3O. The van der Waals surface area contributed by atoms with E-state index in [4.69, 9.17) is 5.73 Å². The summed E-state index contributed by atoms with van der Waals surface area (Å²) in [6.07, 6.45) is 2.03. The van der Waals surface area contributed by atoms with Gasteiger partial charge >= 0.3 is 6.03 Å². The first-order valence-electron chi connectivity index (χ1n) is 4.90. The normalized spacial score (nSPS) is 19.5. The highest BCUT2D eigenvalue weighted by Crippen LogP contribution is 2.10. The monoisotopic (exact) mass is 185 g/mol. The molecule has 0 spiro atoms. The van der Waals surface area contributed by atoms with Gasteiger partial charge in [-0.1, -0.05) is 13.8 Å². The van der Waals surface area contributed by atoms with Gasteiger partial charge in [-0.15, -0.1) is 0 Å². The van der Waals surface area contributed by atoms with Crippen molar-refractivity contribution in [1.29, 1.82) is 0 Å². The molecule has 0 radical (unpaired) electrons. The summed E-state index contributed by atoms with van der Waals surface area (Å²) in [5.74, 6) is 0. The van der Waals surface area contributed by atoms with Gasteiger partial charge in [0.25, 0.3) is 0 Å². The van der Waals surface area contributed by atoms with Gasteiger partial charge in [-0.25, -0.2) is 4.79 Å². The van der Waals surface area contributed by atoms with Gasteiger partial charge in [-0.3, -0.25) is 0 Å². The van der Waals surface area contributed by atoms with Crippen LogP contribution in [-0.2, 0) is 0 Å². The van der Waals surface area contributed by atoms with Gasteiger partial charge < -0.3 is 16.0 Å². The lowest BCUT2D eigenvalue weighted by Crippen LogP contribution is -2.48. The van der Waals surface area contributed by atoms with Crippen LogP contribution in [0.1, 0.15) is 26.7 Å². The Kier molecular flexibility index (Phi) is 3.54. The molecule has 0 aromatic carbocycles. The Hall–Kier alpha value is -0.770. The summed E-state index contributed by atoms with van der Waals surface area (Å²) in [6.45, 7) is 5.86. The molecule has 3 N–H and O–H groups in total. The fourth-order valence-corrected chi connectivity index (χ4v) is 1.74. The second-order valence-electron chi connectivity index (χ2n) is 3.92. The third-order valence-electron chi connectivity index (χ3n) is 2.38. The number of hydrogen-bond acceptors (Lipinski definition) is 2. The molecule has 1 heterocycles. The van der Waals surface area contributed by atoms with Crippen molar-refractivity contribution in [2.45, 2.75) is 38.8 Å². The standard InChI is InChI=1S/C9H19N3O/c1-7(2)11-8-3-5-12(6-4-8)9(10)13/h7-8,11H,3-6H2,1-2H3,(H2,10,13).